The highest BCUT2D eigenvalue weighted by molar-refractivity contribution is 6.07. The third-order valence-corrected chi connectivity index (χ3v) is 4.51. The molecule has 2 heterocycles. The minimum Gasteiger partial charge on any atom is -0.462 e. The van der Waals surface area contributed by atoms with Gasteiger partial charge >= 0.3 is 5.97 Å². The number of anilines is 1. The summed E-state index contributed by atoms with van der Waals surface area (Å²) in [6.07, 6.45) is 1.55. The fourth-order valence-corrected chi connectivity index (χ4v) is 3.09. The van der Waals surface area contributed by atoms with Crippen molar-refractivity contribution in [2.75, 3.05) is 11.9 Å². The average molecular weight is 431 g/mol. The number of hydrogen-bond acceptors (Lipinski definition) is 6. The number of amides is 1. The standard InChI is InChI=1S/C23H18FN5O3/c1-2-32-23(31)15-8-7-9-16(14-15)26-22(30)20-21(18-11-5-6-13-25-18)29(28-27-20)19-12-4-3-10-17(19)24/h3-14H,2H2,1H3,(H,26,30). The molecule has 1 amide bonds. The van der Waals surface area contributed by atoms with E-state index >= 15 is 0 Å². The maximum atomic E-state index is 14.5. The Morgan fingerprint density at radius 3 is 2.62 bits per heavy atom. The van der Waals surface area contributed by atoms with E-state index < -0.39 is 17.7 Å². The predicted octanol–water partition coefficient (Wildman–Crippen LogP) is 3.90. The second kappa shape index (κ2) is 9.17. The van der Waals surface area contributed by atoms with E-state index in [1.165, 1.54) is 22.9 Å². The number of carbonyl (C=O) groups excluding carboxylic acids is 2. The van der Waals surface area contributed by atoms with E-state index in [1.54, 1.807) is 61.7 Å². The predicted molar refractivity (Wildman–Crippen MR) is 115 cm³/mol. The number of nitrogens with zero attached hydrogens (tertiary/aromatic N) is 4. The van der Waals surface area contributed by atoms with Gasteiger partial charge in [-0.2, -0.15) is 0 Å². The molecule has 0 fully saturated rings. The van der Waals surface area contributed by atoms with Crippen molar-refractivity contribution < 1.29 is 18.7 Å². The summed E-state index contributed by atoms with van der Waals surface area (Å²) in [5.74, 6) is -1.61. The largest absolute Gasteiger partial charge is 0.462 e. The van der Waals surface area contributed by atoms with E-state index in [2.05, 4.69) is 20.6 Å². The van der Waals surface area contributed by atoms with E-state index in [4.69, 9.17) is 4.74 Å². The lowest BCUT2D eigenvalue weighted by Gasteiger charge is -2.09. The molecule has 8 nitrogen and oxygen atoms in total. The summed E-state index contributed by atoms with van der Waals surface area (Å²) in [6, 6.07) is 17.5. The van der Waals surface area contributed by atoms with E-state index in [-0.39, 0.29) is 23.7 Å². The van der Waals surface area contributed by atoms with Gasteiger partial charge in [0.15, 0.2) is 5.69 Å². The quantitative estimate of drug-likeness (QED) is 0.465. The van der Waals surface area contributed by atoms with Crippen LogP contribution >= 0.6 is 0 Å². The van der Waals surface area contributed by atoms with Crippen LogP contribution in [0.1, 0.15) is 27.8 Å². The van der Waals surface area contributed by atoms with Crippen LogP contribution in [0.5, 0.6) is 0 Å². The van der Waals surface area contributed by atoms with E-state index in [0.717, 1.165) is 0 Å². The molecule has 0 bridgehead atoms. The van der Waals surface area contributed by atoms with Gasteiger partial charge in [0.05, 0.1) is 17.9 Å². The molecule has 0 spiro atoms. The molecule has 4 rings (SSSR count). The molecule has 0 atom stereocenters. The number of pyridine rings is 1. The Hall–Kier alpha value is -4.40. The maximum absolute atomic E-state index is 14.5. The second-order valence-corrected chi connectivity index (χ2v) is 6.62. The van der Waals surface area contributed by atoms with Gasteiger partial charge in [-0.1, -0.05) is 29.5 Å². The van der Waals surface area contributed by atoms with Crippen LogP contribution < -0.4 is 5.32 Å². The molecule has 2 aromatic carbocycles. The molecule has 32 heavy (non-hydrogen) atoms. The van der Waals surface area contributed by atoms with Gasteiger partial charge in [-0.25, -0.2) is 13.9 Å². The molecule has 0 aliphatic carbocycles. The summed E-state index contributed by atoms with van der Waals surface area (Å²) in [5.41, 5.74) is 1.37. The highest BCUT2D eigenvalue weighted by Crippen LogP contribution is 2.25. The minimum atomic E-state index is -0.589. The Morgan fingerprint density at radius 2 is 1.88 bits per heavy atom. The van der Waals surface area contributed by atoms with E-state index in [9.17, 15) is 14.0 Å². The van der Waals surface area contributed by atoms with Crippen LogP contribution in [0.4, 0.5) is 10.1 Å². The first-order valence-corrected chi connectivity index (χ1v) is 9.79. The number of nitrogens with one attached hydrogen (secondary N) is 1. The number of esters is 1. The first-order valence-electron chi connectivity index (χ1n) is 9.79. The summed E-state index contributed by atoms with van der Waals surface area (Å²) in [4.78, 5) is 29.3. The van der Waals surface area contributed by atoms with Gasteiger partial charge in [0.1, 0.15) is 17.2 Å². The van der Waals surface area contributed by atoms with Crippen molar-refractivity contribution in [1.29, 1.82) is 0 Å². The topological polar surface area (TPSA) is 99.0 Å². The smallest absolute Gasteiger partial charge is 0.338 e. The molecular weight excluding hydrogens is 413 g/mol. The van der Waals surface area contributed by atoms with Gasteiger partial charge in [0.2, 0.25) is 0 Å². The van der Waals surface area contributed by atoms with Crippen molar-refractivity contribution in [1.82, 2.24) is 20.0 Å². The molecule has 0 aliphatic heterocycles. The van der Waals surface area contributed by atoms with Crippen LogP contribution in [0, 0.1) is 5.82 Å². The average Bonchev–Trinajstić information content (AvgIpc) is 3.25. The van der Waals surface area contributed by atoms with Crippen LogP contribution in [-0.4, -0.2) is 38.5 Å². The molecular formula is C23H18FN5O3. The Labute approximate surface area is 182 Å². The number of benzene rings is 2. The second-order valence-electron chi connectivity index (χ2n) is 6.62. The van der Waals surface area contributed by atoms with Gasteiger partial charge in [-0.05, 0) is 49.4 Å². The zero-order valence-electron chi connectivity index (χ0n) is 17.0. The summed E-state index contributed by atoms with van der Waals surface area (Å²) in [7, 11) is 0. The summed E-state index contributed by atoms with van der Waals surface area (Å²) >= 11 is 0. The van der Waals surface area contributed by atoms with Crippen molar-refractivity contribution in [3.05, 3.63) is 90.0 Å². The van der Waals surface area contributed by atoms with Crippen LogP contribution in [0.2, 0.25) is 0 Å². The van der Waals surface area contributed by atoms with Crippen molar-refractivity contribution in [3.63, 3.8) is 0 Å². The zero-order valence-corrected chi connectivity index (χ0v) is 17.0. The van der Waals surface area contributed by atoms with Gasteiger partial charge in [-0.15, -0.1) is 5.10 Å². The third kappa shape index (κ3) is 4.22. The number of carbonyl (C=O) groups is 2. The monoisotopic (exact) mass is 431 g/mol. The van der Waals surface area contributed by atoms with Crippen molar-refractivity contribution in [2.45, 2.75) is 6.92 Å². The van der Waals surface area contributed by atoms with E-state index in [0.29, 0.717) is 16.9 Å². The lowest BCUT2D eigenvalue weighted by atomic mass is 10.1. The van der Waals surface area contributed by atoms with Gasteiger partial charge < -0.3 is 10.1 Å². The fourth-order valence-electron chi connectivity index (χ4n) is 3.09. The Balaban J connectivity index is 1.73. The van der Waals surface area contributed by atoms with Crippen LogP contribution in [0.25, 0.3) is 17.1 Å². The highest BCUT2D eigenvalue weighted by Gasteiger charge is 2.24. The van der Waals surface area contributed by atoms with E-state index in [1.807, 2.05) is 0 Å². The summed E-state index contributed by atoms with van der Waals surface area (Å²) in [5, 5.41) is 10.7. The third-order valence-electron chi connectivity index (χ3n) is 4.51. The molecule has 4 aromatic rings. The molecule has 0 aliphatic rings. The molecule has 2 aromatic heterocycles. The number of aromatic nitrogens is 4. The number of para-hydroxylation sites is 1. The fraction of sp³-hybridized carbons (Fsp3) is 0.0870. The van der Waals surface area contributed by atoms with Crippen molar-refractivity contribution in [3.8, 4) is 17.1 Å². The van der Waals surface area contributed by atoms with Crippen LogP contribution in [-0.2, 0) is 4.74 Å². The molecule has 9 heteroatoms. The number of hydrogen-bond donors (Lipinski definition) is 1. The highest BCUT2D eigenvalue weighted by atomic mass is 19.1. The van der Waals surface area contributed by atoms with Crippen molar-refractivity contribution >= 4 is 17.6 Å². The molecule has 1 N–H and O–H groups in total. The molecule has 0 unspecified atom stereocenters. The SMILES string of the molecule is CCOC(=O)c1cccc(NC(=O)c2nnn(-c3ccccc3F)c2-c2ccccn2)c1. The normalized spacial score (nSPS) is 10.6. The molecule has 0 radical (unpaired) electrons. The molecule has 0 saturated heterocycles. The first-order chi connectivity index (χ1) is 15.6. The summed E-state index contributed by atoms with van der Waals surface area (Å²) < 4.78 is 20.7. The maximum Gasteiger partial charge on any atom is 0.338 e. The molecule has 160 valence electrons. The van der Waals surface area contributed by atoms with Gasteiger partial charge in [0.25, 0.3) is 5.91 Å². The summed E-state index contributed by atoms with van der Waals surface area (Å²) in [6.45, 7) is 1.95. The van der Waals surface area contributed by atoms with Gasteiger partial charge in [-0.3, -0.25) is 9.78 Å². The Morgan fingerprint density at radius 1 is 1.06 bits per heavy atom. The Kier molecular flexibility index (Phi) is 5.98. The number of ether oxygens (including phenoxy) is 1. The van der Waals surface area contributed by atoms with Crippen LogP contribution in [0.15, 0.2) is 72.9 Å². The van der Waals surface area contributed by atoms with Gasteiger partial charge in [0, 0.05) is 11.9 Å². The van der Waals surface area contributed by atoms with Crippen molar-refractivity contribution in [2.24, 2.45) is 0 Å². The lowest BCUT2D eigenvalue weighted by Crippen LogP contribution is -2.15. The molecule has 0 saturated carbocycles. The Bertz CT molecular complexity index is 1270. The number of rotatable bonds is 6. The zero-order chi connectivity index (χ0) is 22.5. The number of halogens is 1. The first kappa shape index (κ1) is 20.9. The van der Waals surface area contributed by atoms with Crippen LogP contribution in [0.3, 0.4) is 0 Å². The minimum absolute atomic E-state index is 0.0477. The lowest BCUT2D eigenvalue weighted by molar-refractivity contribution is 0.0526.